The van der Waals surface area contributed by atoms with Gasteiger partial charge in [0.25, 0.3) is 0 Å². The normalized spacial score (nSPS) is 24.7. The SMILES string of the molecule is COC(=O)[C@@H]1[C@H](C(=O)OC)C12C(=O)c1ccccc1C2=O. The minimum Gasteiger partial charge on any atom is -0.469 e. The van der Waals surface area contributed by atoms with Crippen molar-refractivity contribution in [3.8, 4) is 0 Å². The Labute approximate surface area is 120 Å². The minimum absolute atomic E-state index is 0.239. The molecular weight excluding hydrogens is 276 g/mol. The third-order valence-electron chi connectivity index (χ3n) is 4.28. The molecule has 21 heavy (non-hydrogen) atoms. The number of rotatable bonds is 2. The van der Waals surface area contributed by atoms with Crippen molar-refractivity contribution in [3.63, 3.8) is 0 Å². The smallest absolute Gasteiger partial charge is 0.311 e. The molecule has 1 aromatic rings. The Morgan fingerprint density at radius 3 is 1.62 bits per heavy atom. The second kappa shape index (κ2) is 4.25. The molecule has 0 bridgehead atoms. The molecule has 3 rings (SSSR count). The van der Waals surface area contributed by atoms with Gasteiger partial charge in [0.1, 0.15) is 5.41 Å². The van der Waals surface area contributed by atoms with Gasteiger partial charge in [-0.15, -0.1) is 0 Å². The Morgan fingerprint density at radius 2 is 1.29 bits per heavy atom. The van der Waals surface area contributed by atoms with Crippen molar-refractivity contribution in [2.24, 2.45) is 17.3 Å². The van der Waals surface area contributed by atoms with Crippen molar-refractivity contribution >= 4 is 23.5 Å². The topological polar surface area (TPSA) is 86.7 Å². The summed E-state index contributed by atoms with van der Waals surface area (Å²) in [5.74, 6) is -4.73. The molecular formula is C15H12O6. The number of fused-ring (bicyclic) bond motifs is 1. The van der Waals surface area contributed by atoms with E-state index in [4.69, 9.17) is 0 Å². The lowest BCUT2D eigenvalue weighted by molar-refractivity contribution is -0.148. The maximum absolute atomic E-state index is 12.6. The zero-order valence-electron chi connectivity index (χ0n) is 11.4. The third kappa shape index (κ3) is 1.42. The lowest BCUT2D eigenvalue weighted by atomic mass is 9.95. The highest BCUT2D eigenvalue weighted by Crippen LogP contribution is 2.65. The van der Waals surface area contributed by atoms with Crippen molar-refractivity contribution in [3.05, 3.63) is 35.4 Å². The van der Waals surface area contributed by atoms with Crippen LogP contribution in [0.15, 0.2) is 24.3 Å². The van der Waals surface area contributed by atoms with Crippen LogP contribution in [0, 0.1) is 17.3 Å². The van der Waals surface area contributed by atoms with Gasteiger partial charge in [-0.25, -0.2) is 0 Å². The zero-order valence-corrected chi connectivity index (χ0v) is 11.4. The van der Waals surface area contributed by atoms with E-state index in [2.05, 4.69) is 9.47 Å². The predicted molar refractivity (Wildman–Crippen MR) is 68.5 cm³/mol. The fraction of sp³-hybridized carbons (Fsp3) is 0.333. The maximum Gasteiger partial charge on any atom is 0.311 e. The Kier molecular flexibility index (Phi) is 2.73. The maximum atomic E-state index is 12.6. The Balaban J connectivity index is 2.13. The van der Waals surface area contributed by atoms with Crippen LogP contribution in [0.2, 0.25) is 0 Å². The Morgan fingerprint density at radius 1 is 0.905 bits per heavy atom. The summed E-state index contributed by atoms with van der Waals surface area (Å²) in [4.78, 5) is 49.0. The van der Waals surface area contributed by atoms with Gasteiger partial charge in [-0.3, -0.25) is 19.2 Å². The van der Waals surface area contributed by atoms with Crippen molar-refractivity contribution in [1.29, 1.82) is 0 Å². The van der Waals surface area contributed by atoms with E-state index >= 15 is 0 Å². The standard InChI is InChI=1S/C15H12O6/c1-20-13(18)9-10(14(19)21-2)15(9)11(16)7-5-3-4-6-8(7)12(15)17/h3-6,9-10H,1-2H3/t9-,10+. The van der Waals surface area contributed by atoms with Crippen LogP contribution in [0.25, 0.3) is 0 Å². The Hall–Kier alpha value is -2.50. The molecule has 0 radical (unpaired) electrons. The van der Waals surface area contributed by atoms with Crippen molar-refractivity contribution in [2.45, 2.75) is 0 Å². The molecule has 1 aromatic carbocycles. The summed E-state index contributed by atoms with van der Waals surface area (Å²) in [5.41, 5.74) is -1.20. The van der Waals surface area contributed by atoms with E-state index in [1.807, 2.05) is 0 Å². The van der Waals surface area contributed by atoms with Crippen LogP contribution in [0.3, 0.4) is 0 Å². The average molecular weight is 288 g/mol. The molecule has 1 saturated carbocycles. The minimum atomic E-state index is -1.68. The van der Waals surface area contributed by atoms with Crippen LogP contribution in [-0.4, -0.2) is 37.7 Å². The molecule has 0 heterocycles. The van der Waals surface area contributed by atoms with E-state index in [0.717, 1.165) is 14.2 Å². The molecule has 0 saturated heterocycles. The van der Waals surface area contributed by atoms with Crippen molar-refractivity contribution in [1.82, 2.24) is 0 Å². The fourth-order valence-electron chi connectivity index (χ4n) is 3.28. The summed E-state index contributed by atoms with van der Waals surface area (Å²) in [5, 5.41) is 0. The summed E-state index contributed by atoms with van der Waals surface area (Å²) in [6.07, 6.45) is 0. The number of carbonyl (C=O) groups is 4. The summed E-state index contributed by atoms with van der Waals surface area (Å²) in [6.45, 7) is 0. The summed E-state index contributed by atoms with van der Waals surface area (Å²) in [6, 6.07) is 6.30. The number of esters is 2. The van der Waals surface area contributed by atoms with Gasteiger partial charge in [-0.05, 0) is 0 Å². The van der Waals surface area contributed by atoms with Gasteiger partial charge in [0.2, 0.25) is 0 Å². The van der Waals surface area contributed by atoms with E-state index in [0.29, 0.717) is 0 Å². The lowest BCUT2D eigenvalue weighted by Gasteiger charge is -2.05. The number of ketones is 2. The van der Waals surface area contributed by atoms with Crippen LogP contribution in [0.1, 0.15) is 20.7 Å². The third-order valence-corrected chi connectivity index (χ3v) is 4.28. The second-order valence-corrected chi connectivity index (χ2v) is 5.07. The molecule has 6 nitrogen and oxygen atoms in total. The quantitative estimate of drug-likeness (QED) is 0.586. The van der Waals surface area contributed by atoms with Crippen LogP contribution >= 0.6 is 0 Å². The summed E-state index contributed by atoms with van der Waals surface area (Å²) in [7, 11) is 2.31. The first kappa shape index (κ1) is 13.5. The monoisotopic (exact) mass is 288 g/mol. The van der Waals surface area contributed by atoms with Crippen molar-refractivity contribution < 1.29 is 28.7 Å². The number of benzene rings is 1. The highest BCUT2D eigenvalue weighted by molar-refractivity contribution is 6.35. The van der Waals surface area contributed by atoms with Crippen LogP contribution in [-0.2, 0) is 19.1 Å². The Bertz CT molecular complexity index is 630. The predicted octanol–water partition coefficient (Wildman–Crippen LogP) is 0.644. The molecule has 1 fully saturated rings. The molecule has 0 aromatic heterocycles. The van der Waals surface area contributed by atoms with Crippen LogP contribution < -0.4 is 0 Å². The molecule has 0 amide bonds. The molecule has 0 aliphatic heterocycles. The van der Waals surface area contributed by atoms with Gasteiger partial charge < -0.3 is 9.47 Å². The van der Waals surface area contributed by atoms with E-state index < -0.39 is 40.8 Å². The van der Waals surface area contributed by atoms with Crippen LogP contribution in [0.5, 0.6) is 0 Å². The van der Waals surface area contributed by atoms with Gasteiger partial charge in [0.05, 0.1) is 26.1 Å². The fourth-order valence-corrected chi connectivity index (χ4v) is 3.28. The summed E-state index contributed by atoms with van der Waals surface area (Å²) < 4.78 is 9.26. The van der Waals surface area contributed by atoms with Gasteiger partial charge >= 0.3 is 11.9 Å². The molecule has 108 valence electrons. The molecule has 0 N–H and O–H groups in total. The molecule has 6 heteroatoms. The highest BCUT2D eigenvalue weighted by atomic mass is 16.5. The molecule has 2 atom stereocenters. The number of Topliss-reactive ketones (excluding diaryl/α,β-unsaturated/α-hetero) is 2. The van der Waals surface area contributed by atoms with E-state index in [9.17, 15) is 19.2 Å². The lowest BCUT2D eigenvalue weighted by Crippen LogP contribution is -2.25. The first-order valence-electron chi connectivity index (χ1n) is 6.36. The number of hydrogen-bond donors (Lipinski definition) is 0. The number of methoxy groups -OCH3 is 2. The number of ether oxygens (including phenoxy) is 2. The van der Waals surface area contributed by atoms with E-state index in [1.165, 1.54) is 12.1 Å². The zero-order chi connectivity index (χ0) is 15.4. The highest BCUT2D eigenvalue weighted by Gasteiger charge is 2.82. The first-order valence-corrected chi connectivity index (χ1v) is 6.36. The van der Waals surface area contributed by atoms with Gasteiger partial charge in [0, 0.05) is 11.1 Å². The molecule has 2 aliphatic rings. The molecule has 2 aliphatic carbocycles. The van der Waals surface area contributed by atoms with E-state index in [-0.39, 0.29) is 11.1 Å². The van der Waals surface area contributed by atoms with Crippen LogP contribution in [0.4, 0.5) is 0 Å². The molecule has 0 unspecified atom stereocenters. The van der Waals surface area contributed by atoms with Gasteiger partial charge in [0.15, 0.2) is 11.6 Å². The van der Waals surface area contributed by atoms with E-state index in [1.54, 1.807) is 12.1 Å². The second-order valence-electron chi connectivity index (χ2n) is 5.07. The van der Waals surface area contributed by atoms with Gasteiger partial charge in [-0.1, -0.05) is 24.3 Å². The summed E-state index contributed by atoms with van der Waals surface area (Å²) >= 11 is 0. The number of carbonyl (C=O) groups excluding carboxylic acids is 4. The largest absolute Gasteiger partial charge is 0.469 e. The van der Waals surface area contributed by atoms with Gasteiger partial charge in [-0.2, -0.15) is 0 Å². The molecule has 1 spiro atoms. The first-order chi connectivity index (χ1) is 10.0. The van der Waals surface area contributed by atoms with Crippen molar-refractivity contribution in [2.75, 3.05) is 14.2 Å². The average Bonchev–Trinajstić information content (AvgIpc) is 3.17. The number of hydrogen-bond acceptors (Lipinski definition) is 6.